The Kier molecular flexibility index (Phi) is 7.30. The second-order valence-electron chi connectivity index (χ2n) is 8.31. The molecule has 29 heavy (non-hydrogen) atoms. The fraction of sp³-hybridized carbons (Fsp3) is 0.545. The van der Waals surface area contributed by atoms with Crippen molar-refractivity contribution in [2.75, 3.05) is 26.2 Å². The first-order valence-corrected chi connectivity index (χ1v) is 10.7. The number of carbonyl (C=O) groups excluding carboxylic acids is 1. The fourth-order valence-corrected chi connectivity index (χ4v) is 4.59. The second-order valence-corrected chi connectivity index (χ2v) is 8.67. The quantitative estimate of drug-likeness (QED) is 0.673. The van der Waals surface area contributed by atoms with E-state index in [1.807, 2.05) is 0 Å². The highest BCUT2D eigenvalue weighted by Crippen LogP contribution is 2.24. The van der Waals surface area contributed by atoms with Gasteiger partial charge in [-0.1, -0.05) is 25.4 Å². The number of hydrogen-bond donors (Lipinski definition) is 1. The van der Waals surface area contributed by atoms with Gasteiger partial charge in [0.25, 0.3) is 5.91 Å². The van der Waals surface area contributed by atoms with Gasteiger partial charge in [-0.05, 0) is 68.8 Å². The number of piperidine rings is 1. The van der Waals surface area contributed by atoms with Crippen LogP contribution in [0.5, 0.6) is 0 Å². The van der Waals surface area contributed by atoms with Crippen LogP contribution in [0.4, 0.5) is 4.39 Å². The van der Waals surface area contributed by atoms with Crippen LogP contribution in [0.3, 0.4) is 0 Å². The molecule has 1 aliphatic heterocycles. The largest absolute Gasteiger partial charge is 0.352 e. The van der Waals surface area contributed by atoms with Gasteiger partial charge < -0.3 is 10.2 Å². The molecule has 1 fully saturated rings. The van der Waals surface area contributed by atoms with Crippen molar-refractivity contribution in [1.29, 1.82) is 0 Å². The van der Waals surface area contributed by atoms with Crippen molar-refractivity contribution in [3.63, 3.8) is 0 Å². The van der Waals surface area contributed by atoms with E-state index in [0.29, 0.717) is 23.5 Å². The number of aryl methyl sites for hydroxylation is 1. The number of nitrogens with one attached hydrogen (secondary N) is 1. The Labute approximate surface area is 177 Å². The number of benzene rings is 1. The molecule has 2 heterocycles. The monoisotopic (exact) mass is 420 g/mol. The maximum absolute atomic E-state index is 13.1. The molecule has 0 spiro atoms. The van der Waals surface area contributed by atoms with E-state index >= 15 is 0 Å². The number of nitrogens with zero attached hydrogens (tertiary/aromatic N) is 3. The van der Waals surface area contributed by atoms with Gasteiger partial charge in [0.15, 0.2) is 0 Å². The summed E-state index contributed by atoms with van der Waals surface area (Å²) < 4.78 is 14.6. The number of aromatic nitrogens is 2. The van der Waals surface area contributed by atoms with Crippen LogP contribution < -0.4 is 5.32 Å². The highest BCUT2D eigenvalue weighted by Gasteiger charge is 2.22. The highest BCUT2D eigenvalue weighted by atomic mass is 35.5. The fourth-order valence-electron chi connectivity index (χ4n) is 4.24. The van der Waals surface area contributed by atoms with E-state index in [-0.39, 0.29) is 16.9 Å². The third-order valence-electron chi connectivity index (χ3n) is 5.43. The van der Waals surface area contributed by atoms with E-state index in [0.717, 1.165) is 31.2 Å². The number of hydrogen-bond acceptors (Lipinski definition) is 3. The van der Waals surface area contributed by atoms with Crippen LogP contribution in [0, 0.1) is 24.6 Å². The summed E-state index contributed by atoms with van der Waals surface area (Å²) in [4.78, 5) is 15.2. The summed E-state index contributed by atoms with van der Waals surface area (Å²) in [5.74, 6) is 0.976. The van der Waals surface area contributed by atoms with Gasteiger partial charge in [-0.25, -0.2) is 9.07 Å². The van der Waals surface area contributed by atoms with Crippen LogP contribution in [-0.2, 0) is 0 Å². The molecule has 1 aromatic heterocycles. The molecular weight excluding hydrogens is 391 g/mol. The van der Waals surface area contributed by atoms with Crippen LogP contribution in [0.25, 0.3) is 5.69 Å². The maximum Gasteiger partial charge on any atom is 0.256 e. The van der Waals surface area contributed by atoms with Crippen molar-refractivity contribution in [3.05, 3.63) is 46.5 Å². The summed E-state index contributed by atoms with van der Waals surface area (Å²) in [6.45, 7) is 10.4. The van der Waals surface area contributed by atoms with Crippen LogP contribution in [0.2, 0.25) is 5.15 Å². The molecule has 1 amide bonds. The summed E-state index contributed by atoms with van der Waals surface area (Å²) in [6, 6.07) is 5.84. The average molecular weight is 421 g/mol. The second kappa shape index (κ2) is 9.72. The van der Waals surface area contributed by atoms with Gasteiger partial charge in [-0.3, -0.25) is 4.79 Å². The molecule has 1 saturated heterocycles. The molecule has 0 radical (unpaired) electrons. The Hall–Kier alpha value is -1.92. The zero-order valence-corrected chi connectivity index (χ0v) is 18.2. The molecule has 0 aliphatic carbocycles. The third kappa shape index (κ3) is 5.58. The molecule has 1 N–H and O–H groups in total. The molecule has 0 saturated carbocycles. The zero-order chi connectivity index (χ0) is 21.0. The highest BCUT2D eigenvalue weighted by molar-refractivity contribution is 6.33. The Balaban J connectivity index is 1.50. The first-order chi connectivity index (χ1) is 13.8. The van der Waals surface area contributed by atoms with Gasteiger partial charge in [0, 0.05) is 19.6 Å². The SMILES string of the molecule is Cc1nn(-c2ccc(F)cc2)c(Cl)c1C(=O)NCCCCN1CC(C)CC(C)C1. The number of halogens is 2. The summed E-state index contributed by atoms with van der Waals surface area (Å²) in [5.41, 5.74) is 1.53. The minimum absolute atomic E-state index is 0.221. The minimum Gasteiger partial charge on any atom is -0.352 e. The molecule has 2 unspecified atom stereocenters. The van der Waals surface area contributed by atoms with E-state index < -0.39 is 0 Å². The molecule has 158 valence electrons. The lowest BCUT2D eigenvalue weighted by atomic mass is 9.92. The predicted octanol–water partition coefficient (Wildman–Crippen LogP) is 4.46. The van der Waals surface area contributed by atoms with Crippen molar-refractivity contribution in [2.45, 2.75) is 40.0 Å². The predicted molar refractivity (Wildman–Crippen MR) is 114 cm³/mol. The van der Waals surface area contributed by atoms with Crippen molar-refractivity contribution < 1.29 is 9.18 Å². The molecular formula is C22H30ClFN4O. The lowest BCUT2D eigenvalue weighted by molar-refractivity contribution is 0.0951. The lowest BCUT2D eigenvalue weighted by Gasteiger charge is -2.34. The van der Waals surface area contributed by atoms with Crippen molar-refractivity contribution in [2.24, 2.45) is 11.8 Å². The standard InChI is InChI=1S/C22H30ClFN4O/c1-15-12-16(2)14-27(13-15)11-5-4-10-25-22(29)20-17(3)26-28(21(20)23)19-8-6-18(24)7-9-19/h6-9,15-16H,4-5,10-14H2,1-3H3,(H,25,29). The van der Waals surface area contributed by atoms with Gasteiger partial charge in [-0.2, -0.15) is 5.10 Å². The molecule has 3 rings (SSSR count). The number of rotatable bonds is 7. The Bertz CT molecular complexity index is 826. The Morgan fingerprint density at radius 2 is 1.86 bits per heavy atom. The van der Waals surface area contributed by atoms with E-state index in [1.54, 1.807) is 19.1 Å². The average Bonchev–Trinajstić information content (AvgIpc) is 2.95. The van der Waals surface area contributed by atoms with Gasteiger partial charge in [0.2, 0.25) is 0 Å². The molecule has 0 bridgehead atoms. The van der Waals surface area contributed by atoms with E-state index in [9.17, 15) is 9.18 Å². The van der Waals surface area contributed by atoms with Gasteiger partial charge >= 0.3 is 0 Å². The summed E-state index contributed by atoms with van der Waals surface area (Å²) >= 11 is 6.41. The normalized spacial score (nSPS) is 20.0. The summed E-state index contributed by atoms with van der Waals surface area (Å²) in [6.07, 6.45) is 3.30. The third-order valence-corrected chi connectivity index (χ3v) is 5.78. The number of amides is 1. The van der Waals surface area contributed by atoms with Gasteiger partial charge in [0.05, 0.1) is 16.9 Å². The minimum atomic E-state index is -0.333. The van der Waals surface area contributed by atoms with Crippen LogP contribution in [-0.4, -0.2) is 46.8 Å². The van der Waals surface area contributed by atoms with Crippen molar-refractivity contribution >= 4 is 17.5 Å². The number of carbonyl (C=O) groups is 1. The molecule has 2 atom stereocenters. The topological polar surface area (TPSA) is 50.2 Å². The van der Waals surface area contributed by atoms with Crippen molar-refractivity contribution in [3.8, 4) is 5.69 Å². The summed E-state index contributed by atoms with van der Waals surface area (Å²) in [7, 11) is 0. The smallest absolute Gasteiger partial charge is 0.256 e. The van der Waals surface area contributed by atoms with Crippen LogP contribution >= 0.6 is 11.6 Å². The molecule has 1 aliphatic rings. The van der Waals surface area contributed by atoms with Crippen LogP contribution in [0.1, 0.15) is 49.2 Å². The van der Waals surface area contributed by atoms with E-state index in [2.05, 4.69) is 29.2 Å². The Morgan fingerprint density at radius 3 is 2.52 bits per heavy atom. The van der Waals surface area contributed by atoms with Gasteiger partial charge in [-0.15, -0.1) is 0 Å². The van der Waals surface area contributed by atoms with Crippen LogP contribution in [0.15, 0.2) is 24.3 Å². The number of unbranched alkanes of at least 4 members (excludes halogenated alkanes) is 1. The van der Waals surface area contributed by atoms with Gasteiger partial charge in [0.1, 0.15) is 11.0 Å². The molecule has 7 heteroatoms. The first-order valence-electron chi connectivity index (χ1n) is 10.4. The lowest BCUT2D eigenvalue weighted by Crippen LogP contribution is -2.39. The van der Waals surface area contributed by atoms with E-state index in [1.165, 1.54) is 36.3 Å². The zero-order valence-electron chi connectivity index (χ0n) is 17.4. The molecule has 1 aromatic carbocycles. The summed E-state index contributed by atoms with van der Waals surface area (Å²) in [5, 5.41) is 7.54. The molecule has 5 nitrogen and oxygen atoms in total. The van der Waals surface area contributed by atoms with E-state index in [4.69, 9.17) is 11.6 Å². The van der Waals surface area contributed by atoms with Crippen molar-refractivity contribution in [1.82, 2.24) is 20.0 Å². The maximum atomic E-state index is 13.1. The number of likely N-dealkylation sites (tertiary alicyclic amines) is 1. The Morgan fingerprint density at radius 1 is 1.21 bits per heavy atom. The first kappa shape index (κ1) is 21.8. The molecule has 2 aromatic rings.